The topological polar surface area (TPSA) is 33.1 Å². The smallest absolute Gasteiger partial charge is 0.0728 e. The van der Waals surface area contributed by atoms with Gasteiger partial charge in [0.2, 0.25) is 0 Å². The van der Waals surface area contributed by atoms with Gasteiger partial charge in [0.1, 0.15) is 0 Å². The third-order valence-electron chi connectivity index (χ3n) is 3.36. The van der Waals surface area contributed by atoms with Crippen LogP contribution in [0.3, 0.4) is 0 Å². The summed E-state index contributed by atoms with van der Waals surface area (Å²) in [6.07, 6.45) is 6.50. The first-order valence-corrected chi connectivity index (χ1v) is 6.33. The van der Waals surface area contributed by atoms with Gasteiger partial charge in [-0.1, -0.05) is 6.92 Å². The zero-order chi connectivity index (χ0) is 11.4. The molecule has 0 radical (unpaired) electrons. The maximum Gasteiger partial charge on any atom is 0.0728 e. The van der Waals surface area contributed by atoms with Crippen LogP contribution in [-0.4, -0.2) is 40.4 Å². The summed E-state index contributed by atoms with van der Waals surface area (Å²) in [7, 11) is 0. The summed E-state index contributed by atoms with van der Waals surface area (Å²) >= 11 is 0. The predicted octanol–water partition coefficient (Wildman–Crippen LogP) is 1.80. The highest BCUT2D eigenvalue weighted by Gasteiger charge is 2.17. The number of piperidine rings is 1. The molecule has 90 valence electrons. The number of hydrogen-bond acceptors (Lipinski definition) is 3. The standard InChI is InChI=1S/C12H22N4/c1-3-15-7-5-11(6-8-15)14-12-9-13-16(4-2)10-12/h9-11,14H,3-8H2,1-2H3. The predicted molar refractivity (Wildman–Crippen MR) is 66.7 cm³/mol. The first kappa shape index (κ1) is 11.5. The van der Waals surface area contributed by atoms with E-state index in [1.807, 2.05) is 10.9 Å². The highest BCUT2D eigenvalue weighted by Crippen LogP contribution is 2.15. The molecule has 16 heavy (non-hydrogen) atoms. The minimum Gasteiger partial charge on any atom is -0.380 e. The molecule has 0 spiro atoms. The number of aryl methyl sites for hydroxylation is 1. The molecule has 0 saturated carbocycles. The van der Waals surface area contributed by atoms with Gasteiger partial charge in [0.15, 0.2) is 0 Å². The van der Waals surface area contributed by atoms with Crippen LogP contribution in [0, 0.1) is 0 Å². The van der Waals surface area contributed by atoms with Crippen molar-refractivity contribution in [3.8, 4) is 0 Å². The molecule has 1 aliphatic rings. The van der Waals surface area contributed by atoms with E-state index in [0.29, 0.717) is 6.04 Å². The summed E-state index contributed by atoms with van der Waals surface area (Å²) in [5.74, 6) is 0. The fourth-order valence-corrected chi connectivity index (χ4v) is 2.24. The van der Waals surface area contributed by atoms with Crippen molar-refractivity contribution in [2.45, 2.75) is 39.3 Å². The lowest BCUT2D eigenvalue weighted by atomic mass is 10.1. The molecule has 1 fully saturated rings. The molecule has 0 unspecified atom stereocenters. The number of rotatable bonds is 4. The van der Waals surface area contributed by atoms with E-state index in [9.17, 15) is 0 Å². The van der Waals surface area contributed by atoms with Crippen LogP contribution in [0.1, 0.15) is 26.7 Å². The van der Waals surface area contributed by atoms with Crippen molar-refractivity contribution in [1.29, 1.82) is 0 Å². The largest absolute Gasteiger partial charge is 0.380 e. The summed E-state index contributed by atoms with van der Waals surface area (Å²) in [4.78, 5) is 2.51. The number of likely N-dealkylation sites (tertiary alicyclic amines) is 1. The van der Waals surface area contributed by atoms with E-state index in [0.717, 1.165) is 12.2 Å². The molecule has 1 saturated heterocycles. The molecular weight excluding hydrogens is 200 g/mol. The Morgan fingerprint density at radius 2 is 2.06 bits per heavy atom. The first-order valence-electron chi connectivity index (χ1n) is 6.33. The van der Waals surface area contributed by atoms with E-state index >= 15 is 0 Å². The van der Waals surface area contributed by atoms with Crippen LogP contribution >= 0.6 is 0 Å². The van der Waals surface area contributed by atoms with E-state index in [1.54, 1.807) is 0 Å². The lowest BCUT2D eigenvalue weighted by Gasteiger charge is -2.31. The van der Waals surface area contributed by atoms with Crippen molar-refractivity contribution in [3.05, 3.63) is 12.4 Å². The van der Waals surface area contributed by atoms with Crippen molar-refractivity contribution in [1.82, 2.24) is 14.7 Å². The molecule has 1 aromatic rings. The Kier molecular flexibility index (Phi) is 3.83. The molecular formula is C12H22N4. The summed E-state index contributed by atoms with van der Waals surface area (Å²) < 4.78 is 1.96. The molecule has 4 nitrogen and oxygen atoms in total. The Hall–Kier alpha value is -1.03. The molecule has 1 N–H and O–H groups in total. The lowest BCUT2D eigenvalue weighted by molar-refractivity contribution is 0.229. The molecule has 4 heteroatoms. The molecule has 0 aliphatic carbocycles. The second-order valence-electron chi connectivity index (χ2n) is 4.44. The molecule has 0 amide bonds. The Morgan fingerprint density at radius 3 is 2.62 bits per heavy atom. The second kappa shape index (κ2) is 5.34. The van der Waals surface area contributed by atoms with Crippen LogP contribution in [0.15, 0.2) is 12.4 Å². The maximum absolute atomic E-state index is 4.28. The lowest BCUT2D eigenvalue weighted by Crippen LogP contribution is -2.38. The summed E-state index contributed by atoms with van der Waals surface area (Å²) in [5, 5.41) is 7.85. The van der Waals surface area contributed by atoms with E-state index < -0.39 is 0 Å². The van der Waals surface area contributed by atoms with Crippen molar-refractivity contribution in [3.63, 3.8) is 0 Å². The molecule has 2 rings (SSSR count). The monoisotopic (exact) mass is 222 g/mol. The zero-order valence-corrected chi connectivity index (χ0v) is 10.3. The minimum absolute atomic E-state index is 0.623. The van der Waals surface area contributed by atoms with Crippen LogP contribution in [0.2, 0.25) is 0 Å². The molecule has 0 aromatic carbocycles. The Balaban J connectivity index is 1.82. The van der Waals surface area contributed by atoms with Gasteiger partial charge >= 0.3 is 0 Å². The summed E-state index contributed by atoms with van der Waals surface area (Å²) in [6.45, 7) is 8.90. The minimum atomic E-state index is 0.623. The van der Waals surface area contributed by atoms with Gasteiger partial charge in [0, 0.05) is 31.9 Å². The highest BCUT2D eigenvalue weighted by molar-refractivity contribution is 5.39. The third-order valence-corrected chi connectivity index (χ3v) is 3.36. The van der Waals surface area contributed by atoms with Crippen molar-refractivity contribution in [2.24, 2.45) is 0 Å². The summed E-state index contributed by atoms with van der Waals surface area (Å²) in [5.41, 5.74) is 1.16. The van der Waals surface area contributed by atoms with Gasteiger partial charge in [0.25, 0.3) is 0 Å². The first-order chi connectivity index (χ1) is 7.81. The Morgan fingerprint density at radius 1 is 1.31 bits per heavy atom. The van der Waals surface area contributed by atoms with Crippen LogP contribution in [-0.2, 0) is 6.54 Å². The zero-order valence-electron chi connectivity index (χ0n) is 10.3. The number of nitrogens with one attached hydrogen (secondary N) is 1. The van der Waals surface area contributed by atoms with Crippen molar-refractivity contribution in [2.75, 3.05) is 25.0 Å². The van der Waals surface area contributed by atoms with Gasteiger partial charge < -0.3 is 10.2 Å². The van der Waals surface area contributed by atoms with Crippen molar-refractivity contribution >= 4 is 5.69 Å². The van der Waals surface area contributed by atoms with Gasteiger partial charge in [-0.05, 0) is 26.3 Å². The van der Waals surface area contributed by atoms with Gasteiger partial charge in [-0.2, -0.15) is 5.10 Å². The van der Waals surface area contributed by atoms with Crippen LogP contribution in [0.4, 0.5) is 5.69 Å². The number of nitrogens with zero attached hydrogens (tertiary/aromatic N) is 3. The third kappa shape index (κ3) is 2.76. The fraction of sp³-hybridized carbons (Fsp3) is 0.750. The van der Waals surface area contributed by atoms with Gasteiger partial charge in [0.05, 0.1) is 11.9 Å². The highest BCUT2D eigenvalue weighted by atomic mass is 15.3. The quantitative estimate of drug-likeness (QED) is 0.843. The normalized spacial score (nSPS) is 18.9. The van der Waals surface area contributed by atoms with E-state index in [-0.39, 0.29) is 0 Å². The Bertz CT molecular complexity index is 313. The SMILES string of the molecule is CCN1CCC(Nc2cnn(CC)c2)CC1. The second-order valence-corrected chi connectivity index (χ2v) is 4.44. The summed E-state index contributed by atoms with van der Waals surface area (Å²) in [6, 6.07) is 0.623. The molecule has 1 aromatic heterocycles. The number of anilines is 1. The average Bonchev–Trinajstić information content (AvgIpc) is 2.78. The van der Waals surface area contributed by atoms with Gasteiger partial charge in [-0.25, -0.2) is 0 Å². The number of aromatic nitrogens is 2. The molecule has 0 atom stereocenters. The van der Waals surface area contributed by atoms with Crippen molar-refractivity contribution < 1.29 is 0 Å². The average molecular weight is 222 g/mol. The Labute approximate surface area is 97.6 Å². The fourth-order valence-electron chi connectivity index (χ4n) is 2.24. The maximum atomic E-state index is 4.28. The van der Waals surface area contributed by atoms with Crippen LogP contribution in [0.25, 0.3) is 0 Å². The van der Waals surface area contributed by atoms with Gasteiger partial charge in [-0.15, -0.1) is 0 Å². The molecule has 1 aliphatic heterocycles. The van der Waals surface area contributed by atoms with E-state index in [1.165, 1.54) is 32.5 Å². The van der Waals surface area contributed by atoms with E-state index in [2.05, 4.69) is 35.4 Å². The van der Waals surface area contributed by atoms with Crippen LogP contribution in [0.5, 0.6) is 0 Å². The van der Waals surface area contributed by atoms with E-state index in [4.69, 9.17) is 0 Å². The number of hydrogen-bond donors (Lipinski definition) is 1. The molecule has 0 bridgehead atoms. The van der Waals surface area contributed by atoms with Gasteiger partial charge in [-0.3, -0.25) is 4.68 Å². The van der Waals surface area contributed by atoms with Crippen LogP contribution < -0.4 is 5.32 Å². The molecule has 2 heterocycles.